The monoisotopic (exact) mass is 226 g/mol. The summed E-state index contributed by atoms with van der Waals surface area (Å²) in [6, 6.07) is 0. The lowest BCUT2D eigenvalue weighted by Crippen LogP contribution is -2.34. The SMILES string of the molecule is CCCn1cc(C(O)C(C)(CC)OC)cn1. The second-order valence-corrected chi connectivity index (χ2v) is 4.31. The molecule has 0 saturated carbocycles. The van der Waals surface area contributed by atoms with Gasteiger partial charge in [-0.1, -0.05) is 13.8 Å². The first-order chi connectivity index (χ1) is 7.57. The molecule has 1 aromatic rings. The van der Waals surface area contributed by atoms with Crippen molar-refractivity contribution >= 4 is 0 Å². The van der Waals surface area contributed by atoms with Crippen LogP contribution in [0.3, 0.4) is 0 Å². The van der Waals surface area contributed by atoms with E-state index in [-0.39, 0.29) is 0 Å². The number of ether oxygens (including phenoxy) is 1. The third-order valence-electron chi connectivity index (χ3n) is 3.17. The normalized spacial score (nSPS) is 17.1. The molecular formula is C12H22N2O2. The van der Waals surface area contributed by atoms with Gasteiger partial charge in [0.25, 0.3) is 0 Å². The molecule has 0 aliphatic carbocycles. The van der Waals surface area contributed by atoms with E-state index in [4.69, 9.17) is 4.74 Å². The van der Waals surface area contributed by atoms with Crippen molar-refractivity contribution in [3.8, 4) is 0 Å². The zero-order valence-corrected chi connectivity index (χ0v) is 10.6. The van der Waals surface area contributed by atoms with Gasteiger partial charge >= 0.3 is 0 Å². The topological polar surface area (TPSA) is 47.3 Å². The molecule has 1 aromatic heterocycles. The van der Waals surface area contributed by atoms with Gasteiger partial charge in [0.05, 0.1) is 11.8 Å². The predicted octanol–water partition coefficient (Wildman–Crippen LogP) is 2.14. The summed E-state index contributed by atoms with van der Waals surface area (Å²) in [5.74, 6) is 0. The van der Waals surface area contributed by atoms with Crippen LogP contribution >= 0.6 is 0 Å². The Morgan fingerprint density at radius 1 is 1.56 bits per heavy atom. The lowest BCUT2D eigenvalue weighted by molar-refractivity contribution is -0.0944. The number of aliphatic hydroxyl groups is 1. The van der Waals surface area contributed by atoms with Crippen LogP contribution in [0, 0.1) is 0 Å². The molecule has 16 heavy (non-hydrogen) atoms. The Kier molecular flexibility index (Phi) is 4.50. The highest BCUT2D eigenvalue weighted by molar-refractivity contribution is 5.12. The molecule has 4 heteroatoms. The van der Waals surface area contributed by atoms with Crippen molar-refractivity contribution in [1.82, 2.24) is 9.78 Å². The third-order valence-corrected chi connectivity index (χ3v) is 3.17. The lowest BCUT2D eigenvalue weighted by atomic mass is 9.92. The van der Waals surface area contributed by atoms with Gasteiger partial charge in [0.1, 0.15) is 6.10 Å². The fraction of sp³-hybridized carbons (Fsp3) is 0.750. The fourth-order valence-electron chi connectivity index (χ4n) is 1.67. The maximum Gasteiger partial charge on any atom is 0.111 e. The minimum atomic E-state index is -0.631. The van der Waals surface area contributed by atoms with Crippen molar-refractivity contribution < 1.29 is 9.84 Å². The minimum Gasteiger partial charge on any atom is -0.385 e. The van der Waals surface area contributed by atoms with Crippen LogP contribution < -0.4 is 0 Å². The fourth-order valence-corrected chi connectivity index (χ4v) is 1.67. The van der Waals surface area contributed by atoms with Crippen LogP contribution in [0.2, 0.25) is 0 Å². The van der Waals surface area contributed by atoms with Gasteiger partial charge in [0.15, 0.2) is 0 Å². The van der Waals surface area contributed by atoms with E-state index < -0.39 is 11.7 Å². The molecule has 92 valence electrons. The van der Waals surface area contributed by atoms with E-state index in [1.54, 1.807) is 13.3 Å². The van der Waals surface area contributed by atoms with Crippen molar-refractivity contribution in [3.05, 3.63) is 18.0 Å². The molecule has 0 spiro atoms. The standard InChI is InChI=1S/C12H22N2O2/c1-5-7-14-9-10(8-13-14)11(15)12(3,6-2)16-4/h8-9,11,15H,5-7H2,1-4H3. The number of methoxy groups -OCH3 is 1. The maximum atomic E-state index is 10.2. The molecule has 2 atom stereocenters. The molecule has 0 amide bonds. The molecule has 0 aromatic carbocycles. The van der Waals surface area contributed by atoms with Gasteiger partial charge in [0.2, 0.25) is 0 Å². The van der Waals surface area contributed by atoms with Gasteiger partial charge in [0, 0.05) is 25.4 Å². The van der Waals surface area contributed by atoms with Crippen molar-refractivity contribution in [2.45, 2.75) is 51.9 Å². The van der Waals surface area contributed by atoms with E-state index >= 15 is 0 Å². The van der Waals surface area contributed by atoms with Crippen LogP contribution in [0.4, 0.5) is 0 Å². The summed E-state index contributed by atoms with van der Waals surface area (Å²) in [5, 5.41) is 14.5. The largest absolute Gasteiger partial charge is 0.385 e. The molecule has 0 fully saturated rings. The molecule has 0 aliphatic rings. The molecule has 1 rings (SSSR count). The summed E-state index contributed by atoms with van der Waals surface area (Å²) in [7, 11) is 1.63. The first kappa shape index (κ1) is 13.2. The highest BCUT2D eigenvalue weighted by Gasteiger charge is 2.33. The predicted molar refractivity (Wildman–Crippen MR) is 63.2 cm³/mol. The summed E-state index contributed by atoms with van der Waals surface area (Å²) < 4.78 is 7.24. The first-order valence-electron chi connectivity index (χ1n) is 5.83. The van der Waals surface area contributed by atoms with E-state index in [0.717, 1.165) is 24.9 Å². The Balaban J connectivity index is 2.82. The van der Waals surface area contributed by atoms with Gasteiger partial charge in [-0.25, -0.2) is 0 Å². The van der Waals surface area contributed by atoms with Gasteiger partial charge in [-0.15, -0.1) is 0 Å². The summed E-state index contributed by atoms with van der Waals surface area (Å²) in [4.78, 5) is 0. The van der Waals surface area contributed by atoms with Crippen molar-refractivity contribution in [2.24, 2.45) is 0 Å². The van der Waals surface area contributed by atoms with Crippen molar-refractivity contribution in [1.29, 1.82) is 0 Å². The number of aromatic nitrogens is 2. The Hall–Kier alpha value is -0.870. The van der Waals surface area contributed by atoms with Gasteiger partial charge in [-0.2, -0.15) is 5.10 Å². The molecule has 0 saturated heterocycles. The molecular weight excluding hydrogens is 204 g/mol. The molecule has 1 heterocycles. The molecule has 2 unspecified atom stereocenters. The van der Waals surface area contributed by atoms with Gasteiger partial charge in [-0.3, -0.25) is 4.68 Å². The van der Waals surface area contributed by atoms with E-state index in [0.29, 0.717) is 0 Å². The van der Waals surface area contributed by atoms with E-state index in [9.17, 15) is 5.11 Å². The summed E-state index contributed by atoms with van der Waals surface area (Å²) >= 11 is 0. The van der Waals surface area contributed by atoms with Crippen molar-refractivity contribution in [2.75, 3.05) is 7.11 Å². The Morgan fingerprint density at radius 3 is 2.75 bits per heavy atom. The summed E-state index contributed by atoms with van der Waals surface area (Å²) in [6.07, 6.45) is 4.76. The van der Waals surface area contributed by atoms with Gasteiger partial charge in [-0.05, 0) is 19.8 Å². The van der Waals surface area contributed by atoms with Gasteiger partial charge < -0.3 is 9.84 Å². The van der Waals surface area contributed by atoms with Crippen LogP contribution in [0.5, 0.6) is 0 Å². The maximum absolute atomic E-state index is 10.2. The smallest absolute Gasteiger partial charge is 0.111 e. The number of aliphatic hydroxyl groups excluding tert-OH is 1. The van der Waals surface area contributed by atoms with E-state index in [2.05, 4.69) is 12.0 Å². The summed E-state index contributed by atoms with van der Waals surface area (Å²) in [6.45, 7) is 6.89. The second kappa shape index (κ2) is 5.46. The van der Waals surface area contributed by atoms with Crippen LogP contribution in [-0.4, -0.2) is 27.6 Å². The average Bonchev–Trinajstić information content (AvgIpc) is 2.76. The lowest BCUT2D eigenvalue weighted by Gasteiger charge is -2.31. The molecule has 0 radical (unpaired) electrons. The van der Waals surface area contributed by atoms with E-state index in [1.165, 1.54) is 0 Å². The van der Waals surface area contributed by atoms with Crippen LogP contribution in [0.25, 0.3) is 0 Å². The van der Waals surface area contributed by atoms with Crippen LogP contribution in [-0.2, 0) is 11.3 Å². The number of aryl methyl sites for hydroxylation is 1. The van der Waals surface area contributed by atoms with Crippen LogP contribution in [0.1, 0.15) is 45.3 Å². The molecule has 0 aliphatic heterocycles. The number of hydrogen-bond acceptors (Lipinski definition) is 3. The molecule has 0 bridgehead atoms. The zero-order chi connectivity index (χ0) is 12.2. The van der Waals surface area contributed by atoms with Crippen LogP contribution in [0.15, 0.2) is 12.4 Å². The molecule has 4 nitrogen and oxygen atoms in total. The quantitative estimate of drug-likeness (QED) is 0.808. The second-order valence-electron chi connectivity index (χ2n) is 4.31. The minimum absolute atomic E-state index is 0.542. The Morgan fingerprint density at radius 2 is 2.25 bits per heavy atom. The molecule has 1 N–H and O–H groups in total. The zero-order valence-electron chi connectivity index (χ0n) is 10.6. The highest BCUT2D eigenvalue weighted by Crippen LogP contribution is 2.31. The third kappa shape index (κ3) is 2.62. The first-order valence-corrected chi connectivity index (χ1v) is 5.83. The summed E-state index contributed by atoms with van der Waals surface area (Å²) in [5.41, 5.74) is 0.278. The Bertz CT molecular complexity index is 319. The van der Waals surface area contributed by atoms with E-state index in [1.807, 2.05) is 24.7 Å². The number of hydrogen-bond donors (Lipinski definition) is 1. The number of rotatable bonds is 6. The average molecular weight is 226 g/mol. The Labute approximate surface area is 97.2 Å². The highest BCUT2D eigenvalue weighted by atomic mass is 16.5. The van der Waals surface area contributed by atoms with Crippen molar-refractivity contribution in [3.63, 3.8) is 0 Å². The number of nitrogens with zero attached hydrogens (tertiary/aromatic N) is 2.